The lowest BCUT2D eigenvalue weighted by Crippen LogP contribution is -2.19. The molecule has 1 aromatic rings. The van der Waals surface area contributed by atoms with Gasteiger partial charge in [-0.2, -0.15) is 0 Å². The van der Waals surface area contributed by atoms with Gasteiger partial charge in [0.15, 0.2) is 0 Å². The Morgan fingerprint density at radius 2 is 2.19 bits per heavy atom. The van der Waals surface area contributed by atoms with Crippen molar-refractivity contribution >= 4 is 11.8 Å². The molecule has 2 N–H and O–H groups in total. The van der Waals surface area contributed by atoms with Crippen LogP contribution in [0.25, 0.3) is 0 Å². The van der Waals surface area contributed by atoms with E-state index in [2.05, 4.69) is 25.3 Å². The number of hydrogen-bond donors (Lipinski definition) is 2. The van der Waals surface area contributed by atoms with E-state index in [0.717, 1.165) is 18.8 Å². The standard InChI is InChI=1S/C10H16N4O2/c1-7-6-8(12-5-4-11-2)14-9(13-7)10(15)16-3/h6,11H,4-5H2,1-3H3,(H,12,13,14). The van der Waals surface area contributed by atoms with Crippen molar-refractivity contribution < 1.29 is 9.53 Å². The van der Waals surface area contributed by atoms with Crippen LogP contribution in [0, 0.1) is 6.92 Å². The Morgan fingerprint density at radius 3 is 2.81 bits per heavy atom. The molecule has 0 atom stereocenters. The van der Waals surface area contributed by atoms with Crippen LogP contribution >= 0.6 is 0 Å². The number of carbonyl (C=O) groups is 1. The number of esters is 1. The number of aryl methyl sites for hydroxylation is 1. The number of rotatable bonds is 5. The van der Waals surface area contributed by atoms with Crippen molar-refractivity contribution in [2.45, 2.75) is 6.92 Å². The van der Waals surface area contributed by atoms with Gasteiger partial charge in [-0.05, 0) is 14.0 Å². The molecule has 0 saturated heterocycles. The monoisotopic (exact) mass is 224 g/mol. The summed E-state index contributed by atoms with van der Waals surface area (Å²) in [5, 5.41) is 6.09. The molecule has 0 aliphatic rings. The molecular formula is C10H16N4O2. The number of aromatic nitrogens is 2. The molecule has 0 amide bonds. The molecule has 0 fully saturated rings. The zero-order chi connectivity index (χ0) is 12.0. The number of hydrogen-bond acceptors (Lipinski definition) is 6. The van der Waals surface area contributed by atoms with Crippen LogP contribution in [0.3, 0.4) is 0 Å². The molecule has 0 aliphatic heterocycles. The molecule has 0 unspecified atom stereocenters. The molecule has 0 bridgehead atoms. The molecule has 0 saturated carbocycles. The van der Waals surface area contributed by atoms with Crippen LogP contribution in [0.2, 0.25) is 0 Å². The maximum absolute atomic E-state index is 11.3. The summed E-state index contributed by atoms with van der Waals surface area (Å²) in [6.45, 7) is 3.35. The first-order valence-electron chi connectivity index (χ1n) is 5.00. The Morgan fingerprint density at radius 1 is 1.44 bits per heavy atom. The Kier molecular flexibility index (Phi) is 4.65. The van der Waals surface area contributed by atoms with Crippen molar-refractivity contribution in [3.63, 3.8) is 0 Å². The summed E-state index contributed by atoms with van der Waals surface area (Å²) in [5.74, 6) is 0.179. The third-order valence-electron chi connectivity index (χ3n) is 1.90. The summed E-state index contributed by atoms with van der Waals surface area (Å²) >= 11 is 0. The molecule has 88 valence electrons. The molecule has 6 heteroatoms. The van der Waals surface area contributed by atoms with E-state index in [0.29, 0.717) is 5.82 Å². The largest absolute Gasteiger partial charge is 0.463 e. The summed E-state index contributed by atoms with van der Waals surface area (Å²) in [6.07, 6.45) is 0. The van der Waals surface area contributed by atoms with Gasteiger partial charge in [-0.1, -0.05) is 0 Å². The van der Waals surface area contributed by atoms with Crippen molar-refractivity contribution in [2.75, 3.05) is 32.6 Å². The van der Waals surface area contributed by atoms with E-state index in [1.165, 1.54) is 7.11 Å². The maximum atomic E-state index is 11.3. The second-order valence-corrected chi connectivity index (χ2v) is 3.24. The average molecular weight is 224 g/mol. The van der Waals surface area contributed by atoms with Crippen LogP contribution in [-0.4, -0.2) is 43.2 Å². The zero-order valence-corrected chi connectivity index (χ0v) is 9.70. The Balaban J connectivity index is 2.77. The van der Waals surface area contributed by atoms with Crippen molar-refractivity contribution in [3.05, 3.63) is 17.6 Å². The second-order valence-electron chi connectivity index (χ2n) is 3.24. The van der Waals surface area contributed by atoms with Gasteiger partial charge in [0.2, 0.25) is 5.82 Å². The number of methoxy groups -OCH3 is 1. The molecule has 0 radical (unpaired) electrons. The minimum Gasteiger partial charge on any atom is -0.463 e. The highest BCUT2D eigenvalue weighted by molar-refractivity contribution is 5.85. The van der Waals surface area contributed by atoms with Crippen molar-refractivity contribution in [2.24, 2.45) is 0 Å². The zero-order valence-electron chi connectivity index (χ0n) is 9.70. The van der Waals surface area contributed by atoms with E-state index < -0.39 is 5.97 Å². The van der Waals surface area contributed by atoms with Gasteiger partial charge < -0.3 is 15.4 Å². The predicted octanol–water partition coefficient (Wildman–Crippen LogP) is 0.203. The topological polar surface area (TPSA) is 76.1 Å². The van der Waals surface area contributed by atoms with Gasteiger partial charge in [-0.15, -0.1) is 0 Å². The van der Waals surface area contributed by atoms with Crippen LogP contribution in [0.4, 0.5) is 5.82 Å². The van der Waals surface area contributed by atoms with E-state index in [-0.39, 0.29) is 5.82 Å². The van der Waals surface area contributed by atoms with Crippen molar-refractivity contribution in [1.82, 2.24) is 15.3 Å². The first-order valence-corrected chi connectivity index (χ1v) is 5.00. The van der Waals surface area contributed by atoms with Gasteiger partial charge in [0.1, 0.15) is 5.82 Å². The van der Waals surface area contributed by atoms with Gasteiger partial charge in [0.05, 0.1) is 7.11 Å². The van der Waals surface area contributed by atoms with Crippen LogP contribution in [0.15, 0.2) is 6.07 Å². The summed E-state index contributed by atoms with van der Waals surface area (Å²) in [4.78, 5) is 19.3. The van der Waals surface area contributed by atoms with E-state index >= 15 is 0 Å². The van der Waals surface area contributed by atoms with E-state index in [4.69, 9.17) is 0 Å². The highest BCUT2D eigenvalue weighted by Crippen LogP contribution is 2.06. The third kappa shape index (κ3) is 3.47. The molecule has 1 aromatic heterocycles. The molecule has 1 rings (SSSR count). The SMILES string of the molecule is CNCCNc1cc(C)nc(C(=O)OC)n1. The highest BCUT2D eigenvalue weighted by Gasteiger charge is 2.10. The lowest BCUT2D eigenvalue weighted by Gasteiger charge is -2.07. The number of anilines is 1. The number of carbonyl (C=O) groups excluding carboxylic acids is 1. The van der Waals surface area contributed by atoms with Crippen molar-refractivity contribution in [1.29, 1.82) is 0 Å². The lowest BCUT2D eigenvalue weighted by atomic mass is 10.4. The predicted molar refractivity (Wildman–Crippen MR) is 60.5 cm³/mol. The molecule has 1 heterocycles. The minimum atomic E-state index is -0.527. The van der Waals surface area contributed by atoms with Crippen LogP contribution < -0.4 is 10.6 Å². The Hall–Kier alpha value is -1.69. The number of likely N-dealkylation sites (N-methyl/N-ethyl adjacent to an activating group) is 1. The molecule has 0 aromatic carbocycles. The van der Waals surface area contributed by atoms with E-state index in [1.807, 2.05) is 7.05 Å². The number of nitrogens with one attached hydrogen (secondary N) is 2. The van der Waals surface area contributed by atoms with Gasteiger partial charge in [0, 0.05) is 24.8 Å². The Labute approximate surface area is 94.4 Å². The molecule has 0 spiro atoms. The quantitative estimate of drug-likeness (QED) is 0.550. The second kappa shape index (κ2) is 6.02. The van der Waals surface area contributed by atoms with E-state index in [9.17, 15) is 4.79 Å². The fourth-order valence-electron chi connectivity index (χ4n) is 1.16. The normalized spacial score (nSPS) is 9.94. The fourth-order valence-corrected chi connectivity index (χ4v) is 1.16. The minimum absolute atomic E-state index is 0.0782. The van der Waals surface area contributed by atoms with Gasteiger partial charge in [-0.3, -0.25) is 0 Å². The molecular weight excluding hydrogens is 208 g/mol. The Bertz CT molecular complexity index is 368. The fraction of sp³-hybridized carbons (Fsp3) is 0.500. The first kappa shape index (κ1) is 12.4. The average Bonchev–Trinajstić information content (AvgIpc) is 2.27. The molecule has 6 nitrogen and oxygen atoms in total. The summed E-state index contributed by atoms with van der Waals surface area (Å²) in [5.41, 5.74) is 0.724. The van der Waals surface area contributed by atoms with Crippen LogP contribution in [-0.2, 0) is 4.74 Å². The third-order valence-corrected chi connectivity index (χ3v) is 1.90. The summed E-state index contributed by atoms with van der Waals surface area (Å²) in [7, 11) is 3.18. The summed E-state index contributed by atoms with van der Waals surface area (Å²) < 4.78 is 4.57. The van der Waals surface area contributed by atoms with Gasteiger partial charge in [-0.25, -0.2) is 14.8 Å². The lowest BCUT2D eigenvalue weighted by molar-refractivity contribution is 0.0586. The first-order chi connectivity index (χ1) is 7.67. The van der Waals surface area contributed by atoms with Crippen molar-refractivity contribution in [3.8, 4) is 0 Å². The number of nitrogens with zero attached hydrogens (tertiary/aromatic N) is 2. The molecule has 0 aliphatic carbocycles. The highest BCUT2D eigenvalue weighted by atomic mass is 16.5. The summed E-state index contributed by atoms with van der Waals surface area (Å²) in [6, 6.07) is 1.78. The van der Waals surface area contributed by atoms with Gasteiger partial charge >= 0.3 is 5.97 Å². The van der Waals surface area contributed by atoms with E-state index in [1.54, 1.807) is 13.0 Å². The number of ether oxygens (including phenoxy) is 1. The van der Waals surface area contributed by atoms with Crippen LogP contribution in [0.1, 0.15) is 16.3 Å². The maximum Gasteiger partial charge on any atom is 0.376 e. The van der Waals surface area contributed by atoms with Crippen LogP contribution in [0.5, 0.6) is 0 Å². The smallest absolute Gasteiger partial charge is 0.376 e. The molecule has 16 heavy (non-hydrogen) atoms. The van der Waals surface area contributed by atoms with Gasteiger partial charge in [0.25, 0.3) is 0 Å².